The third-order valence-electron chi connectivity index (χ3n) is 5.55. The molecule has 0 saturated heterocycles. The fraction of sp³-hybridized carbons (Fsp3) is 0.933. The van der Waals surface area contributed by atoms with Crippen LogP contribution in [0.2, 0.25) is 0 Å². The highest BCUT2D eigenvalue weighted by Crippen LogP contribution is 2.49. The van der Waals surface area contributed by atoms with Crippen LogP contribution in [0.15, 0.2) is 0 Å². The van der Waals surface area contributed by atoms with Gasteiger partial charge in [0.25, 0.3) is 0 Å². The Bertz CT molecular complexity index is 332. The third-order valence-corrected chi connectivity index (χ3v) is 6.06. The topological polar surface area (TPSA) is 20.3 Å². The predicted molar refractivity (Wildman–Crippen MR) is 73.6 cm³/mol. The molecule has 5 unspecified atom stereocenters. The van der Waals surface area contributed by atoms with Gasteiger partial charge in [0.15, 0.2) is 0 Å². The summed E-state index contributed by atoms with van der Waals surface area (Å²) in [6.07, 6.45) is 9.71. The molecule has 18 heavy (non-hydrogen) atoms. The van der Waals surface area contributed by atoms with Crippen LogP contribution in [-0.4, -0.2) is 29.3 Å². The Morgan fingerprint density at radius 1 is 1.11 bits per heavy atom. The number of alkyl halides is 1. The molecule has 102 valence electrons. The fourth-order valence-corrected chi connectivity index (χ4v) is 4.92. The number of halogens is 1. The van der Waals surface area contributed by atoms with E-state index in [0.29, 0.717) is 17.7 Å². The van der Waals surface area contributed by atoms with E-state index < -0.39 is 0 Å². The minimum Gasteiger partial charge on any atom is -0.341 e. The lowest BCUT2D eigenvalue weighted by Gasteiger charge is -2.37. The zero-order valence-corrected chi connectivity index (χ0v) is 12.0. The van der Waals surface area contributed by atoms with Crippen LogP contribution < -0.4 is 0 Å². The van der Waals surface area contributed by atoms with E-state index in [1.165, 1.54) is 32.1 Å². The van der Waals surface area contributed by atoms with Crippen LogP contribution >= 0.6 is 11.6 Å². The highest BCUT2D eigenvalue weighted by atomic mass is 35.5. The van der Waals surface area contributed by atoms with Crippen LogP contribution in [0, 0.1) is 17.8 Å². The molecule has 3 heteroatoms. The van der Waals surface area contributed by atoms with Crippen molar-refractivity contribution in [2.75, 3.05) is 7.05 Å². The van der Waals surface area contributed by atoms with Crippen molar-refractivity contribution in [3.63, 3.8) is 0 Å². The molecular weight excluding hydrogens is 246 g/mol. The molecule has 2 bridgehead atoms. The van der Waals surface area contributed by atoms with E-state index in [2.05, 4.69) is 0 Å². The number of carbonyl (C=O) groups excluding carboxylic acids is 1. The first-order chi connectivity index (χ1) is 8.66. The van der Waals surface area contributed by atoms with Crippen LogP contribution in [-0.2, 0) is 4.79 Å². The Labute approximate surface area is 115 Å². The Kier molecular flexibility index (Phi) is 3.57. The van der Waals surface area contributed by atoms with Gasteiger partial charge < -0.3 is 4.90 Å². The van der Waals surface area contributed by atoms with E-state index in [1.54, 1.807) is 0 Å². The van der Waals surface area contributed by atoms with Crippen LogP contribution in [0.25, 0.3) is 0 Å². The van der Waals surface area contributed by atoms with Gasteiger partial charge in [0.05, 0.1) is 5.38 Å². The molecule has 3 rings (SSSR count). The summed E-state index contributed by atoms with van der Waals surface area (Å²) in [5.41, 5.74) is 0. The maximum Gasteiger partial charge on any atom is 0.226 e. The molecule has 0 heterocycles. The van der Waals surface area contributed by atoms with Crippen molar-refractivity contribution >= 4 is 17.5 Å². The first-order valence-corrected chi connectivity index (χ1v) is 8.01. The Hall–Kier alpha value is -0.240. The Morgan fingerprint density at radius 2 is 1.89 bits per heavy atom. The van der Waals surface area contributed by atoms with Crippen molar-refractivity contribution < 1.29 is 4.79 Å². The molecule has 3 aliphatic carbocycles. The smallest absolute Gasteiger partial charge is 0.226 e. The zero-order valence-electron chi connectivity index (χ0n) is 11.3. The van der Waals surface area contributed by atoms with E-state index in [9.17, 15) is 4.79 Å². The highest BCUT2D eigenvalue weighted by Gasteiger charge is 2.45. The molecule has 3 aliphatic rings. The molecule has 3 saturated carbocycles. The van der Waals surface area contributed by atoms with E-state index in [1.807, 2.05) is 11.9 Å². The van der Waals surface area contributed by atoms with Crippen LogP contribution in [0.3, 0.4) is 0 Å². The van der Waals surface area contributed by atoms with Crippen LogP contribution in [0.4, 0.5) is 0 Å². The molecule has 0 aromatic carbocycles. The minimum absolute atomic E-state index is 0.172. The number of fused-ring (bicyclic) bond motifs is 2. The van der Waals surface area contributed by atoms with Gasteiger partial charge in [-0.25, -0.2) is 0 Å². The quantitative estimate of drug-likeness (QED) is 0.704. The number of rotatable bonds is 2. The lowest BCUT2D eigenvalue weighted by atomic mass is 9.86. The molecule has 0 aromatic heterocycles. The maximum atomic E-state index is 12.6. The van der Waals surface area contributed by atoms with Gasteiger partial charge in [0, 0.05) is 19.0 Å². The van der Waals surface area contributed by atoms with Gasteiger partial charge in [0.1, 0.15) is 0 Å². The molecule has 1 amide bonds. The number of hydrogen-bond acceptors (Lipinski definition) is 1. The molecule has 3 fully saturated rings. The van der Waals surface area contributed by atoms with Gasteiger partial charge in [-0.2, -0.15) is 0 Å². The van der Waals surface area contributed by atoms with Crippen LogP contribution in [0.1, 0.15) is 51.4 Å². The summed E-state index contributed by atoms with van der Waals surface area (Å²) in [5.74, 6) is 2.23. The van der Waals surface area contributed by atoms with Crippen molar-refractivity contribution in [2.45, 2.75) is 62.8 Å². The van der Waals surface area contributed by atoms with Gasteiger partial charge in [0.2, 0.25) is 5.91 Å². The SMILES string of the molecule is CN(C(=O)C1CC2CCC1C2)C1CCCCC1Cl. The van der Waals surface area contributed by atoms with Gasteiger partial charge in [-0.1, -0.05) is 19.3 Å². The standard InChI is InChI=1S/C15H24ClNO/c1-17(14-5-3-2-4-13(14)16)15(18)12-9-10-6-7-11(12)8-10/h10-14H,2-9H2,1H3. The largest absolute Gasteiger partial charge is 0.341 e. The summed E-state index contributed by atoms with van der Waals surface area (Å²) in [4.78, 5) is 14.6. The van der Waals surface area contributed by atoms with Crippen molar-refractivity contribution in [3.05, 3.63) is 0 Å². The summed E-state index contributed by atoms with van der Waals surface area (Å²) >= 11 is 6.41. The summed E-state index contributed by atoms with van der Waals surface area (Å²) in [5, 5.41) is 0.172. The molecule has 5 atom stereocenters. The van der Waals surface area contributed by atoms with Crippen LogP contribution in [0.5, 0.6) is 0 Å². The van der Waals surface area contributed by atoms with Crippen molar-refractivity contribution in [1.82, 2.24) is 4.90 Å². The van der Waals surface area contributed by atoms with Gasteiger partial charge in [-0.15, -0.1) is 11.6 Å². The van der Waals surface area contributed by atoms with E-state index >= 15 is 0 Å². The lowest BCUT2D eigenvalue weighted by Crippen LogP contribution is -2.47. The summed E-state index contributed by atoms with van der Waals surface area (Å²) in [7, 11) is 1.99. The molecule has 2 nitrogen and oxygen atoms in total. The second kappa shape index (κ2) is 5.03. The monoisotopic (exact) mass is 269 g/mol. The lowest BCUT2D eigenvalue weighted by molar-refractivity contribution is -0.138. The molecule has 0 spiro atoms. The summed E-state index contributed by atoms with van der Waals surface area (Å²) < 4.78 is 0. The minimum atomic E-state index is 0.172. The molecule has 0 aliphatic heterocycles. The summed E-state index contributed by atoms with van der Waals surface area (Å²) in [6.45, 7) is 0. The predicted octanol–water partition coefficient (Wildman–Crippen LogP) is 3.43. The normalized spacial score (nSPS) is 43.1. The Balaban J connectivity index is 1.64. The van der Waals surface area contributed by atoms with Crippen molar-refractivity contribution in [2.24, 2.45) is 17.8 Å². The third kappa shape index (κ3) is 2.17. The first-order valence-electron chi connectivity index (χ1n) is 7.57. The van der Waals surface area contributed by atoms with Gasteiger partial charge in [-0.3, -0.25) is 4.79 Å². The number of nitrogens with zero attached hydrogens (tertiary/aromatic N) is 1. The first kappa shape index (κ1) is 12.8. The number of carbonyl (C=O) groups is 1. The fourth-order valence-electron chi connectivity index (χ4n) is 4.47. The average molecular weight is 270 g/mol. The molecule has 0 aromatic rings. The summed E-state index contributed by atoms with van der Waals surface area (Å²) in [6, 6.07) is 0.284. The second-order valence-electron chi connectivity index (χ2n) is 6.60. The maximum absolute atomic E-state index is 12.6. The van der Waals surface area contributed by atoms with E-state index in [4.69, 9.17) is 11.6 Å². The van der Waals surface area contributed by atoms with E-state index in [-0.39, 0.29) is 11.4 Å². The molecule has 0 N–H and O–H groups in total. The van der Waals surface area contributed by atoms with Gasteiger partial charge >= 0.3 is 0 Å². The number of hydrogen-bond donors (Lipinski definition) is 0. The van der Waals surface area contributed by atoms with Gasteiger partial charge in [-0.05, 0) is 43.9 Å². The molecular formula is C15H24ClNO. The number of amides is 1. The zero-order chi connectivity index (χ0) is 12.7. The van der Waals surface area contributed by atoms with Crippen molar-refractivity contribution in [1.29, 1.82) is 0 Å². The second-order valence-corrected chi connectivity index (χ2v) is 7.16. The Morgan fingerprint density at radius 3 is 2.50 bits per heavy atom. The molecule has 0 radical (unpaired) electrons. The highest BCUT2D eigenvalue weighted by molar-refractivity contribution is 6.21. The average Bonchev–Trinajstić information content (AvgIpc) is 3.00. The van der Waals surface area contributed by atoms with E-state index in [0.717, 1.165) is 25.2 Å². The van der Waals surface area contributed by atoms with Crippen molar-refractivity contribution in [3.8, 4) is 0 Å².